The first-order valence-electron chi connectivity index (χ1n) is 5.60. The zero-order valence-corrected chi connectivity index (χ0v) is 11.3. The van der Waals surface area contributed by atoms with Crippen molar-refractivity contribution < 1.29 is 27.9 Å². The highest BCUT2D eigenvalue weighted by atomic mass is 32.2. The van der Waals surface area contributed by atoms with E-state index in [1.165, 1.54) is 0 Å². The average Bonchev–Trinajstić information content (AvgIpc) is 2.22. The molecule has 0 aromatic carbocycles. The molecule has 7 nitrogen and oxygen atoms in total. The molecule has 0 saturated carbocycles. The molecule has 0 aliphatic carbocycles. The zero-order valence-electron chi connectivity index (χ0n) is 10.5. The summed E-state index contributed by atoms with van der Waals surface area (Å²) in [5.41, 5.74) is 0. The predicted octanol–water partition coefficient (Wildman–Crippen LogP) is 0.401. The van der Waals surface area contributed by atoms with Gasteiger partial charge in [-0.05, 0) is 12.8 Å². The molecule has 18 heavy (non-hydrogen) atoms. The number of carboxylic acid groups (broad SMARTS) is 1. The molecule has 0 aliphatic heterocycles. The van der Waals surface area contributed by atoms with E-state index < -0.39 is 27.9 Å². The summed E-state index contributed by atoms with van der Waals surface area (Å²) >= 11 is 0. The molecule has 0 aliphatic rings. The highest BCUT2D eigenvalue weighted by Crippen LogP contribution is 1.98. The Kier molecular flexibility index (Phi) is 7.33. The van der Waals surface area contributed by atoms with Gasteiger partial charge in [-0.3, -0.25) is 0 Å². The second-order valence-electron chi connectivity index (χ2n) is 3.94. The van der Waals surface area contributed by atoms with Crippen molar-refractivity contribution >= 4 is 21.9 Å². The van der Waals surface area contributed by atoms with Gasteiger partial charge in [0.15, 0.2) is 0 Å². The van der Waals surface area contributed by atoms with Crippen LogP contribution in [0.15, 0.2) is 0 Å². The minimum atomic E-state index is -3.26. The van der Waals surface area contributed by atoms with Crippen LogP contribution in [0, 0.1) is 0 Å². The average molecular weight is 281 g/mol. The minimum Gasteiger partial charge on any atom is -0.480 e. The Balaban J connectivity index is 4.19. The summed E-state index contributed by atoms with van der Waals surface area (Å²) in [5, 5.41) is 10.9. The second kappa shape index (κ2) is 7.91. The van der Waals surface area contributed by atoms with E-state index in [-0.39, 0.29) is 18.8 Å². The Hall–Kier alpha value is -1.31. The monoisotopic (exact) mass is 281 g/mol. The van der Waals surface area contributed by atoms with Crippen LogP contribution >= 0.6 is 0 Å². The molecule has 0 rings (SSSR count). The molecule has 0 spiro atoms. The van der Waals surface area contributed by atoms with Gasteiger partial charge < -0.3 is 15.2 Å². The SMILES string of the molecule is CCCCOC(=O)NC(CCS(C)(=O)=O)C(=O)O. The van der Waals surface area contributed by atoms with Gasteiger partial charge in [0, 0.05) is 6.26 Å². The van der Waals surface area contributed by atoms with Crippen LogP contribution in [0.1, 0.15) is 26.2 Å². The van der Waals surface area contributed by atoms with Crippen LogP contribution in [0.25, 0.3) is 0 Å². The number of rotatable bonds is 8. The van der Waals surface area contributed by atoms with Crippen LogP contribution in [-0.2, 0) is 19.4 Å². The van der Waals surface area contributed by atoms with Crippen molar-refractivity contribution in [2.45, 2.75) is 32.2 Å². The number of amides is 1. The quantitative estimate of drug-likeness (QED) is 0.623. The molecular formula is C10H19NO6S. The van der Waals surface area contributed by atoms with Gasteiger partial charge in [0.25, 0.3) is 0 Å². The van der Waals surface area contributed by atoms with Crippen molar-refractivity contribution in [1.82, 2.24) is 5.32 Å². The summed E-state index contributed by atoms with van der Waals surface area (Å²) in [6.07, 6.45) is 1.52. The molecule has 0 heterocycles. The molecule has 0 aromatic heterocycles. The molecule has 1 atom stereocenters. The first-order valence-corrected chi connectivity index (χ1v) is 7.66. The molecule has 8 heteroatoms. The van der Waals surface area contributed by atoms with Crippen molar-refractivity contribution in [2.75, 3.05) is 18.6 Å². The Morgan fingerprint density at radius 2 is 2.00 bits per heavy atom. The van der Waals surface area contributed by atoms with Gasteiger partial charge in [-0.2, -0.15) is 0 Å². The fourth-order valence-electron chi connectivity index (χ4n) is 1.08. The van der Waals surface area contributed by atoms with Crippen LogP contribution < -0.4 is 5.32 Å². The highest BCUT2D eigenvalue weighted by Gasteiger charge is 2.22. The molecule has 1 unspecified atom stereocenters. The van der Waals surface area contributed by atoms with E-state index in [1.54, 1.807) is 0 Å². The number of unbranched alkanes of at least 4 members (excludes halogenated alkanes) is 1. The van der Waals surface area contributed by atoms with E-state index in [0.717, 1.165) is 12.7 Å². The van der Waals surface area contributed by atoms with E-state index in [9.17, 15) is 18.0 Å². The lowest BCUT2D eigenvalue weighted by atomic mass is 10.2. The number of hydrogen-bond donors (Lipinski definition) is 2. The van der Waals surface area contributed by atoms with E-state index in [0.29, 0.717) is 6.42 Å². The smallest absolute Gasteiger partial charge is 0.407 e. The second-order valence-corrected chi connectivity index (χ2v) is 6.20. The van der Waals surface area contributed by atoms with Gasteiger partial charge in [-0.1, -0.05) is 13.3 Å². The third-order valence-electron chi connectivity index (χ3n) is 2.10. The molecule has 0 bridgehead atoms. The van der Waals surface area contributed by atoms with Gasteiger partial charge in [0.05, 0.1) is 12.4 Å². The molecule has 0 saturated heterocycles. The standard InChI is InChI=1S/C10H19NO6S/c1-3-4-6-17-10(14)11-8(9(12)13)5-7-18(2,15)16/h8H,3-7H2,1-2H3,(H,11,14)(H,12,13). The maximum atomic E-state index is 11.2. The van der Waals surface area contributed by atoms with Crippen LogP contribution in [0.4, 0.5) is 4.79 Å². The number of ether oxygens (including phenoxy) is 1. The van der Waals surface area contributed by atoms with Crippen molar-refractivity contribution in [2.24, 2.45) is 0 Å². The fraction of sp³-hybridized carbons (Fsp3) is 0.800. The normalized spacial score (nSPS) is 12.8. The summed E-state index contributed by atoms with van der Waals surface area (Å²) in [6.45, 7) is 2.13. The summed E-state index contributed by atoms with van der Waals surface area (Å²) in [5.74, 6) is -1.59. The number of sulfone groups is 1. The zero-order chi connectivity index (χ0) is 14.2. The number of carbonyl (C=O) groups excluding carboxylic acids is 1. The van der Waals surface area contributed by atoms with Gasteiger partial charge in [-0.15, -0.1) is 0 Å². The van der Waals surface area contributed by atoms with Crippen molar-refractivity contribution in [3.63, 3.8) is 0 Å². The topological polar surface area (TPSA) is 110 Å². The number of aliphatic carboxylic acids is 1. The number of nitrogens with one attached hydrogen (secondary N) is 1. The molecule has 0 aromatic rings. The van der Waals surface area contributed by atoms with Gasteiger partial charge in [0.2, 0.25) is 0 Å². The molecule has 1 amide bonds. The Bertz CT molecular complexity index is 378. The molecule has 106 valence electrons. The summed E-state index contributed by atoms with van der Waals surface area (Å²) in [4.78, 5) is 22.0. The molecular weight excluding hydrogens is 262 g/mol. The molecule has 0 fully saturated rings. The van der Waals surface area contributed by atoms with Crippen LogP contribution in [0.2, 0.25) is 0 Å². The number of alkyl carbamates (subject to hydrolysis) is 1. The van der Waals surface area contributed by atoms with Crippen LogP contribution in [-0.4, -0.2) is 50.2 Å². The maximum absolute atomic E-state index is 11.2. The van der Waals surface area contributed by atoms with Crippen molar-refractivity contribution in [3.05, 3.63) is 0 Å². The summed E-state index contributed by atoms with van der Waals surface area (Å²) in [6, 6.07) is -1.26. The Morgan fingerprint density at radius 1 is 1.39 bits per heavy atom. The minimum absolute atomic E-state index is 0.183. The van der Waals surface area contributed by atoms with Gasteiger partial charge in [0.1, 0.15) is 15.9 Å². The third-order valence-corrected chi connectivity index (χ3v) is 3.08. The van der Waals surface area contributed by atoms with E-state index >= 15 is 0 Å². The Morgan fingerprint density at radius 3 is 2.44 bits per heavy atom. The molecule has 2 N–H and O–H groups in total. The lowest BCUT2D eigenvalue weighted by molar-refractivity contribution is -0.139. The number of carboxylic acids is 1. The number of hydrogen-bond acceptors (Lipinski definition) is 5. The lowest BCUT2D eigenvalue weighted by Gasteiger charge is -2.13. The third kappa shape index (κ3) is 8.80. The first kappa shape index (κ1) is 16.7. The summed E-state index contributed by atoms with van der Waals surface area (Å²) in [7, 11) is -3.26. The van der Waals surface area contributed by atoms with Gasteiger partial charge >= 0.3 is 12.1 Å². The van der Waals surface area contributed by atoms with Crippen LogP contribution in [0.5, 0.6) is 0 Å². The number of carbonyl (C=O) groups is 2. The Labute approximate surface area is 106 Å². The van der Waals surface area contributed by atoms with Crippen molar-refractivity contribution in [1.29, 1.82) is 0 Å². The largest absolute Gasteiger partial charge is 0.480 e. The van der Waals surface area contributed by atoms with Crippen molar-refractivity contribution in [3.8, 4) is 0 Å². The van der Waals surface area contributed by atoms with Gasteiger partial charge in [-0.25, -0.2) is 18.0 Å². The maximum Gasteiger partial charge on any atom is 0.407 e. The van der Waals surface area contributed by atoms with E-state index in [1.807, 2.05) is 6.92 Å². The van der Waals surface area contributed by atoms with E-state index in [4.69, 9.17) is 9.84 Å². The molecule has 0 radical (unpaired) electrons. The highest BCUT2D eigenvalue weighted by molar-refractivity contribution is 7.90. The van der Waals surface area contributed by atoms with E-state index in [2.05, 4.69) is 5.32 Å². The predicted molar refractivity (Wildman–Crippen MR) is 65.1 cm³/mol. The fourth-order valence-corrected chi connectivity index (χ4v) is 1.75. The lowest BCUT2D eigenvalue weighted by Crippen LogP contribution is -2.42. The van der Waals surface area contributed by atoms with Crippen LogP contribution in [0.3, 0.4) is 0 Å². The first-order chi connectivity index (χ1) is 8.26. The summed E-state index contributed by atoms with van der Waals surface area (Å²) < 4.78 is 26.6.